The first-order valence-electron chi connectivity index (χ1n) is 8.52. The topological polar surface area (TPSA) is 68.5 Å². The molecule has 0 N–H and O–H groups in total. The minimum absolute atomic E-state index is 0.132. The van der Waals surface area contributed by atoms with Crippen LogP contribution in [0.5, 0.6) is 5.75 Å². The van der Waals surface area contributed by atoms with Crippen LogP contribution < -0.4 is 4.74 Å². The van der Waals surface area contributed by atoms with E-state index in [1.807, 2.05) is 36.1 Å². The van der Waals surface area contributed by atoms with Crippen molar-refractivity contribution in [3.8, 4) is 5.75 Å². The largest absolute Gasteiger partial charge is 0.484 e. The Kier molecular flexibility index (Phi) is 5.96. The number of hydrogen-bond donors (Lipinski definition) is 0. The first-order chi connectivity index (χ1) is 12.1. The number of nitrogens with zero attached hydrogens (tertiary/aromatic N) is 3. The van der Waals surface area contributed by atoms with E-state index < -0.39 is 0 Å². The van der Waals surface area contributed by atoms with Crippen LogP contribution in [-0.4, -0.2) is 39.8 Å². The van der Waals surface area contributed by atoms with Crippen molar-refractivity contribution in [1.29, 1.82) is 0 Å². The molecule has 1 aliphatic rings. The van der Waals surface area contributed by atoms with E-state index in [2.05, 4.69) is 17.1 Å². The molecule has 1 fully saturated rings. The third kappa shape index (κ3) is 5.22. The number of carbonyl (C=O) groups is 1. The van der Waals surface area contributed by atoms with E-state index in [1.165, 1.54) is 11.8 Å². The number of hydrogen-bond acceptors (Lipinski definition) is 6. The van der Waals surface area contributed by atoms with Gasteiger partial charge in [-0.3, -0.25) is 4.79 Å². The third-order valence-corrected chi connectivity index (χ3v) is 5.06. The number of piperidine rings is 1. The number of amides is 1. The SMILES string of the molecule is Cc1cccc(OCc2nnc(SCC(=O)N3CCC(C)CC3)o2)c1. The smallest absolute Gasteiger partial charge is 0.277 e. The molecule has 25 heavy (non-hydrogen) atoms. The van der Waals surface area contributed by atoms with Crippen LogP contribution in [0.1, 0.15) is 31.2 Å². The number of aromatic nitrogens is 2. The van der Waals surface area contributed by atoms with Crippen LogP contribution >= 0.6 is 11.8 Å². The molecular weight excluding hydrogens is 338 g/mol. The van der Waals surface area contributed by atoms with Crippen LogP contribution in [0.4, 0.5) is 0 Å². The van der Waals surface area contributed by atoms with E-state index in [-0.39, 0.29) is 12.5 Å². The van der Waals surface area contributed by atoms with Crippen LogP contribution in [0.2, 0.25) is 0 Å². The van der Waals surface area contributed by atoms with Crippen molar-refractivity contribution < 1.29 is 13.9 Å². The minimum atomic E-state index is 0.132. The van der Waals surface area contributed by atoms with Crippen molar-refractivity contribution in [3.05, 3.63) is 35.7 Å². The first-order valence-corrected chi connectivity index (χ1v) is 9.51. The lowest BCUT2D eigenvalue weighted by Crippen LogP contribution is -2.38. The average molecular weight is 361 g/mol. The van der Waals surface area contributed by atoms with Gasteiger partial charge in [-0.1, -0.05) is 30.8 Å². The molecule has 0 atom stereocenters. The number of carbonyl (C=O) groups excluding carboxylic acids is 1. The highest BCUT2D eigenvalue weighted by molar-refractivity contribution is 7.99. The lowest BCUT2D eigenvalue weighted by Gasteiger charge is -2.30. The van der Waals surface area contributed by atoms with Crippen molar-refractivity contribution in [1.82, 2.24) is 15.1 Å². The molecule has 0 aliphatic carbocycles. The summed E-state index contributed by atoms with van der Waals surface area (Å²) in [6.45, 7) is 6.15. The van der Waals surface area contributed by atoms with Gasteiger partial charge in [0.05, 0.1) is 5.75 Å². The van der Waals surface area contributed by atoms with Crippen molar-refractivity contribution in [3.63, 3.8) is 0 Å². The van der Waals surface area contributed by atoms with E-state index in [4.69, 9.17) is 9.15 Å². The molecule has 0 unspecified atom stereocenters. The van der Waals surface area contributed by atoms with Gasteiger partial charge >= 0.3 is 0 Å². The Morgan fingerprint density at radius 1 is 1.36 bits per heavy atom. The lowest BCUT2D eigenvalue weighted by atomic mass is 9.99. The quantitative estimate of drug-likeness (QED) is 0.735. The van der Waals surface area contributed by atoms with E-state index in [0.29, 0.717) is 22.8 Å². The molecule has 6 nitrogen and oxygen atoms in total. The summed E-state index contributed by atoms with van der Waals surface area (Å²) in [4.78, 5) is 14.1. The molecule has 2 aromatic rings. The predicted octanol–water partition coefficient (Wildman–Crippen LogP) is 3.31. The van der Waals surface area contributed by atoms with Gasteiger partial charge in [-0.05, 0) is 43.4 Å². The van der Waals surface area contributed by atoms with Gasteiger partial charge in [-0.2, -0.15) is 0 Å². The molecule has 1 saturated heterocycles. The molecule has 1 aliphatic heterocycles. The lowest BCUT2D eigenvalue weighted by molar-refractivity contribution is -0.129. The second-order valence-corrected chi connectivity index (χ2v) is 7.35. The standard InChI is InChI=1S/C18H23N3O3S/c1-13-6-8-21(9-7-13)17(22)12-25-18-20-19-16(24-18)11-23-15-5-3-4-14(2)10-15/h3-5,10,13H,6-9,11-12H2,1-2H3. The summed E-state index contributed by atoms with van der Waals surface area (Å²) in [7, 11) is 0. The molecule has 1 aromatic heterocycles. The number of rotatable bonds is 6. The van der Waals surface area contributed by atoms with Crippen molar-refractivity contribution in [2.45, 2.75) is 38.5 Å². The summed E-state index contributed by atoms with van der Waals surface area (Å²) in [6, 6.07) is 7.78. The van der Waals surface area contributed by atoms with Gasteiger partial charge in [0.15, 0.2) is 6.61 Å². The summed E-state index contributed by atoms with van der Waals surface area (Å²) in [5.41, 5.74) is 1.13. The van der Waals surface area contributed by atoms with E-state index >= 15 is 0 Å². The normalized spacial score (nSPS) is 15.4. The second kappa shape index (κ2) is 8.38. The van der Waals surface area contributed by atoms with E-state index in [9.17, 15) is 4.79 Å². The Labute approximate surface area is 151 Å². The molecule has 3 rings (SSSR count). The maximum absolute atomic E-state index is 12.2. The number of likely N-dealkylation sites (tertiary alicyclic amines) is 1. The average Bonchev–Trinajstić information content (AvgIpc) is 3.06. The molecular formula is C18H23N3O3S. The van der Waals surface area contributed by atoms with Gasteiger partial charge in [-0.25, -0.2) is 0 Å². The summed E-state index contributed by atoms with van der Waals surface area (Å²) in [6.07, 6.45) is 2.16. The van der Waals surface area contributed by atoms with Crippen LogP contribution in [-0.2, 0) is 11.4 Å². The van der Waals surface area contributed by atoms with Crippen LogP contribution in [0.3, 0.4) is 0 Å². The zero-order valence-electron chi connectivity index (χ0n) is 14.6. The zero-order chi connectivity index (χ0) is 17.6. The maximum atomic E-state index is 12.2. The van der Waals surface area contributed by atoms with Gasteiger partial charge in [0.1, 0.15) is 5.75 Å². The van der Waals surface area contributed by atoms with Crippen molar-refractivity contribution >= 4 is 17.7 Å². The predicted molar refractivity (Wildman–Crippen MR) is 95.5 cm³/mol. The van der Waals surface area contributed by atoms with Gasteiger partial charge in [0.25, 0.3) is 11.1 Å². The molecule has 1 aromatic carbocycles. The Morgan fingerprint density at radius 3 is 2.92 bits per heavy atom. The minimum Gasteiger partial charge on any atom is -0.484 e. The number of benzene rings is 1. The number of aryl methyl sites for hydroxylation is 1. The van der Waals surface area contributed by atoms with Crippen LogP contribution in [0.25, 0.3) is 0 Å². The molecule has 0 radical (unpaired) electrons. The van der Waals surface area contributed by atoms with E-state index in [0.717, 1.165) is 37.2 Å². The fraction of sp³-hybridized carbons (Fsp3) is 0.500. The summed E-state index contributed by atoms with van der Waals surface area (Å²) >= 11 is 1.28. The molecule has 2 heterocycles. The molecule has 1 amide bonds. The van der Waals surface area contributed by atoms with Crippen molar-refractivity contribution in [2.24, 2.45) is 5.92 Å². The monoisotopic (exact) mass is 361 g/mol. The highest BCUT2D eigenvalue weighted by Gasteiger charge is 2.21. The maximum Gasteiger partial charge on any atom is 0.277 e. The van der Waals surface area contributed by atoms with Crippen molar-refractivity contribution in [2.75, 3.05) is 18.8 Å². The molecule has 0 bridgehead atoms. The highest BCUT2D eigenvalue weighted by Crippen LogP contribution is 2.21. The highest BCUT2D eigenvalue weighted by atomic mass is 32.2. The fourth-order valence-electron chi connectivity index (χ4n) is 2.68. The Hall–Kier alpha value is -2.02. The summed E-state index contributed by atoms with van der Waals surface area (Å²) in [5, 5.41) is 8.34. The molecule has 134 valence electrons. The van der Waals surface area contributed by atoms with Gasteiger partial charge in [-0.15, -0.1) is 10.2 Å². The Balaban J connectivity index is 1.44. The van der Waals surface area contributed by atoms with Crippen LogP contribution in [0.15, 0.2) is 33.9 Å². The molecule has 7 heteroatoms. The van der Waals surface area contributed by atoms with E-state index in [1.54, 1.807) is 0 Å². The summed E-state index contributed by atoms with van der Waals surface area (Å²) < 4.78 is 11.2. The second-order valence-electron chi connectivity index (χ2n) is 6.42. The Bertz CT molecular complexity index is 711. The molecule has 0 saturated carbocycles. The Morgan fingerprint density at radius 2 is 2.16 bits per heavy atom. The number of thioether (sulfide) groups is 1. The molecule has 0 spiro atoms. The van der Waals surface area contributed by atoms with Gasteiger partial charge < -0.3 is 14.1 Å². The zero-order valence-corrected chi connectivity index (χ0v) is 15.4. The van der Waals surface area contributed by atoms with Crippen LogP contribution in [0, 0.1) is 12.8 Å². The van der Waals surface area contributed by atoms with Gasteiger partial charge in [0.2, 0.25) is 5.91 Å². The third-order valence-electron chi connectivity index (χ3n) is 4.26. The first kappa shape index (κ1) is 17.8. The number of ether oxygens (including phenoxy) is 1. The fourth-order valence-corrected chi connectivity index (χ4v) is 3.36. The van der Waals surface area contributed by atoms with Gasteiger partial charge in [0, 0.05) is 13.1 Å². The summed E-state index contributed by atoms with van der Waals surface area (Å²) in [5.74, 6) is 2.34.